The molecule has 1 aliphatic rings. The number of hydrogen-bond donors (Lipinski definition) is 0. The Kier molecular flexibility index (Phi) is 7.75. The number of nitrogens with zero attached hydrogens (tertiary/aromatic N) is 1. The highest BCUT2D eigenvalue weighted by Gasteiger charge is 2.46. The van der Waals surface area contributed by atoms with Gasteiger partial charge in [-0.1, -0.05) is 176 Å². The van der Waals surface area contributed by atoms with Gasteiger partial charge in [0.15, 0.2) is 0 Å². The minimum atomic E-state index is -0.523. The molecule has 10 aromatic rings. The summed E-state index contributed by atoms with van der Waals surface area (Å²) in [7, 11) is 0. The summed E-state index contributed by atoms with van der Waals surface area (Å²) in [5, 5.41) is 2.20. The largest absolute Gasteiger partial charge is 0.456 e. The third-order valence-corrected chi connectivity index (χ3v) is 11.7. The fourth-order valence-corrected chi connectivity index (χ4v) is 9.26. The van der Waals surface area contributed by atoms with Gasteiger partial charge >= 0.3 is 0 Å². The zero-order chi connectivity index (χ0) is 37.8. The molecule has 57 heavy (non-hydrogen) atoms. The Hall–Kier alpha value is -7.42. The predicted molar refractivity (Wildman–Crippen MR) is 237 cm³/mol. The van der Waals surface area contributed by atoms with Crippen LogP contribution in [0.25, 0.3) is 55.3 Å². The Morgan fingerprint density at radius 1 is 0.333 bits per heavy atom. The summed E-state index contributed by atoms with van der Waals surface area (Å²) in [6.45, 7) is 0. The van der Waals surface area contributed by atoms with Crippen LogP contribution in [0.5, 0.6) is 0 Å². The SMILES string of the molecule is c1ccc(-c2cccc(-c3ccccc3N(c3ccc4c(c3)C(c3ccccc3)(c3ccccc3)c3ccccc3-4)c3ccc4oc5ccccc5c4c3)c2)cc1. The van der Waals surface area contributed by atoms with Crippen LogP contribution in [0.2, 0.25) is 0 Å². The smallest absolute Gasteiger partial charge is 0.135 e. The Morgan fingerprint density at radius 2 is 0.895 bits per heavy atom. The van der Waals surface area contributed by atoms with Gasteiger partial charge in [-0.25, -0.2) is 0 Å². The molecule has 11 rings (SSSR count). The quantitative estimate of drug-likeness (QED) is 0.163. The Morgan fingerprint density at radius 3 is 1.68 bits per heavy atom. The molecule has 0 saturated carbocycles. The van der Waals surface area contributed by atoms with Crippen molar-refractivity contribution in [2.75, 3.05) is 4.90 Å². The first-order valence-corrected chi connectivity index (χ1v) is 19.6. The van der Waals surface area contributed by atoms with Crippen molar-refractivity contribution in [2.45, 2.75) is 5.41 Å². The number of benzene rings is 9. The van der Waals surface area contributed by atoms with E-state index in [9.17, 15) is 0 Å². The molecular formula is C55H37NO. The topological polar surface area (TPSA) is 16.4 Å². The second-order valence-corrected chi connectivity index (χ2v) is 14.8. The van der Waals surface area contributed by atoms with E-state index in [2.05, 4.69) is 217 Å². The third-order valence-electron chi connectivity index (χ3n) is 11.7. The van der Waals surface area contributed by atoms with Gasteiger partial charge in [-0.2, -0.15) is 0 Å². The molecule has 0 bridgehead atoms. The lowest BCUT2D eigenvalue weighted by atomic mass is 9.67. The van der Waals surface area contributed by atoms with Crippen LogP contribution >= 0.6 is 0 Å². The van der Waals surface area contributed by atoms with Gasteiger partial charge in [0, 0.05) is 27.7 Å². The summed E-state index contributed by atoms with van der Waals surface area (Å²) in [6, 6.07) is 81.4. The van der Waals surface area contributed by atoms with Gasteiger partial charge in [0.2, 0.25) is 0 Å². The van der Waals surface area contributed by atoms with E-state index >= 15 is 0 Å². The van der Waals surface area contributed by atoms with Crippen molar-refractivity contribution in [2.24, 2.45) is 0 Å². The molecule has 0 radical (unpaired) electrons. The number of hydrogen-bond acceptors (Lipinski definition) is 2. The van der Waals surface area contributed by atoms with Gasteiger partial charge in [-0.15, -0.1) is 0 Å². The van der Waals surface area contributed by atoms with E-state index in [0.29, 0.717) is 0 Å². The molecule has 268 valence electrons. The fourth-order valence-electron chi connectivity index (χ4n) is 9.26. The summed E-state index contributed by atoms with van der Waals surface area (Å²) in [5.41, 5.74) is 16.7. The second kappa shape index (κ2) is 13.4. The summed E-state index contributed by atoms with van der Waals surface area (Å²) >= 11 is 0. The summed E-state index contributed by atoms with van der Waals surface area (Å²) in [4.78, 5) is 2.44. The van der Waals surface area contributed by atoms with Gasteiger partial charge in [0.05, 0.1) is 11.1 Å². The molecule has 0 aliphatic heterocycles. The van der Waals surface area contributed by atoms with Crippen LogP contribution in [-0.2, 0) is 5.41 Å². The predicted octanol–water partition coefficient (Wildman–Crippen LogP) is 14.8. The molecule has 1 heterocycles. The highest BCUT2D eigenvalue weighted by atomic mass is 16.3. The molecule has 0 N–H and O–H groups in total. The van der Waals surface area contributed by atoms with Gasteiger partial charge in [0.25, 0.3) is 0 Å². The zero-order valence-corrected chi connectivity index (χ0v) is 31.2. The highest BCUT2D eigenvalue weighted by molar-refractivity contribution is 6.07. The molecule has 2 nitrogen and oxygen atoms in total. The first-order valence-electron chi connectivity index (χ1n) is 19.6. The molecule has 0 spiro atoms. The molecule has 0 amide bonds. The van der Waals surface area contributed by atoms with Crippen LogP contribution in [-0.4, -0.2) is 0 Å². The van der Waals surface area contributed by atoms with Crippen molar-refractivity contribution >= 4 is 39.0 Å². The van der Waals surface area contributed by atoms with Crippen molar-refractivity contribution < 1.29 is 4.42 Å². The maximum absolute atomic E-state index is 6.35. The van der Waals surface area contributed by atoms with Crippen LogP contribution in [0.15, 0.2) is 229 Å². The highest BCUT2D eigenvalue weighted by Crippen LogP contribution is 2.57. The van der Waals surface area contributed by atoms with E-state index in [1.165, 1.54) is 44.5 Å². The molecular weight excluding hydrogens is 691 g/mol. The van der Waals surface area contributed by atoms with Crippen LogP contribution in [0.4, 0.5) is 17.1 Å². The third kappa shape index (κ3) is 5.26. The maximum atomic E-state index is 6.35. The first kappa shape index (κ1) is 33.0. The van der Waals surface area contributed by atoms with Crippen LogP contribution in [0, 0.1) is 0 Å². The zero-order valence-electron chi connectivity index (χ0n) is 31.2. The van der Waals surface area contributed by atoms with Gasteiger partial charge in [-0.3, -0.25) is 0 Å². The first-order chi connectivity index (χ1) is 28.3. The molecule has 9 aromatic carbocycles. The summed E-state index contributed by atoms with van der Waals surface area (Å²) < 4.78 is 6.35. The minimum Gasteiger partial charge on any atom is -0.456 e. The average molecular weight is 728 g/mol. The standard InChI is InChI=1S/C55H37NO/c1-4-17-38(18-5-1)39-19-16-20-40(35-39)45-25-11-14-29-52(45)56(43-32-34-54-49(36-43)48-27-12-15-30-53(48)57-54)44-31-33-47-46-26-10-13-28-50(46)55(51(47)37-44,41-21-6-2-7-22-41)42-23-8-3-9-24-42/h1-37H. The number of para-hydroxylation sites is 2. The minimum absolute atomic E-state index is 0.523. The average Bonchev–Trinajstić information content (AvgIpc) is 3.81. The van der Waals surface area contributed by atoms with Crippen molar-refractivity contribution in [3.63, 3.8) is 0 Å². The summed E-state index contributed by atoms with van der Waals surface area (Å²) in [6.07, 6.45) is 0. The second-order valence-electron chi connectivity index (χ2n) is 14.8. The molecule has 0 fully saturated rings. The van der Waals surface area contributed by atoms with E-state index < -0.39 is 5.41 Å². The van der Waals surface area contributed by atoms with Crippen LogP contribution in [0.3, 0.4) is 0 Å². The normalized spacial score (nSPS) is 12.7. The van der Waals surface area contributed by atoms with Crippen molar-refractivity contribution in [1.82, 2.24) is 0 Å². The van der Waals surface area contributed by atoms with E-state index in [4.69, 9.17) is 4.42 Å². The lowest BCUT2D eigenvalue weighted by molar-refractivity contribution is 0.669. The van der Waals surface area contributed by atoms with Gasteiger partial charge < -0.3 is 9.32 Å². The lowest BCUT2D eigenvalue weighted by Gasteiger charge is -2.35. The van der Waals surface area contributed by atoms with Gasteiger partial charge in [-0.05, 0) is 98.6 Å². The van der Waals surface area contributed by atoms with E-state index in [-0.39, 0.29) is 0 Å². The Labute approximate surface area is 332 Å². The van der Waals surface area contributed by atoms with Crippen molar-refractivity contribution in [3.8, 4) is 33.4 Å². The van der Waals surface area contributed by atoms with E-state index in [1.54, 1.807) is 0 Å². The Balaban J connectivity index is 1.19. The van der Waals surface area contributed by atoms with Crippen molar-refractivity contribution in [1.29, 1.82) is 0 Å². The van der Waals surface area contributed by atoms with Crippen LogP contribution in [0.1, 0.15) is 22.3 Å². The monoisotopic (exact) mass is 727 g/mol. The number of fused-ring (bicyclic) bond motifs is 6. The number of rotatable bonds is 7. The Bertz CT molecular complexity index is 3030. The summed E-state index contributed by atoms with van der Waals surface area (Å²) in [5.74, 6) is 0. The number of furan rings is 1. The molecule has 2 heteroatoms. The molecule has 1 aromatic heterocycles. The fraction of sp³-hybridized carbons (Fsp3) is 0.0182. The molecule has 0 atom stereocenters. The lowest BCUT2D eigenvalue weighted by Crippen LogP contribution is -2.28. The molecule has 1 aliphatic carbocycles. The molecule has 0 saturated heterocycles. The van der Waals surface area contributed by atoms with E-state index in [1.807, 2.05) is 12.1 Å². The van der Waals surface area contributed by atoms with Crippen molar-refractivity contribution in [3.05, 3.63) is 247 Å². The molecule has 0 unspecified atom stereocenters. The maximum Gasteiger partial charge on any atom is 0.135 e. The van der Waals surface area contributed by atoms with Crippen LogP contribution < -0.4 is 4.90 Å². The van der Waals surface area contributed by atoms with E-state index in [0.717, 1.165) is 50.1 Å². The number of anilines is 3. The van der Waals surface area contributed by atoms with Gasteiger partial charge in [0.1, 0.15) is 11.2 Å².